The molecule has 0 aliphatic carbocycles. The van der Waals surface area contributed by atoms with E-state index in [-0.39, 0.29) is 33.8 Å². The van der Waals surface area contributed by atoms with Gasteiger partial charge < -0.3 is 25.9 Å². The molecular weight excluding hydrogens is 332 g/mol. The van der Waals surface area contributed by atoms with Crippen molar-refractivity contribution >= 4 is 29.1 Å². The van der Waals surface area contributed by atoms with E-state index in [0.717, 1.165) is 19.6 Å². The lowest BCUT2D eigenvalue weighted by Crippen LogP contribution is -2.35. The Hall–Kier alpha value is -1.99. The Morgan fingerprint density at radius 2 is 2.04 bits per heavy atom. The summed E-state index contributed by atoms with van der Waals surface area (Å²) < 4.78 is 5.46. The summed E-state index contributed by atoms with van der Waals surface area (Å²) in [5.41, 5.74) is 6.29. The molecule has 7 nitrogen and oxygen atoms in total. The van der Waals surface area contributed by atoms with Crippen LogP contribution < -0.4 is 15.8 Å². The number of ether oxygens (including phenoxy) is 1. The number of rotatable bonds is 8. The zero-order valence-corrected chi connectivity index (χ0v) is 15.1. The van der Waals surface area contributed by atoms with E-state index in [1.807, 2.05) is 0 Å². The summed E-state index contributed by atoms with van der Waals surface area (Å²) in [7, 11) is 0. The standard InChI is InChI=1S/C16H25ClN4O3/c1-4-15(20-23)24-14-10-13(18)12(17)9-11(14)16(22)19-7-8-21(5-2)6-3/h9-10,23H,4-8,18H2,1-3H3,(H,19,22). The second kappa shape index (κ2) is 10.00. The summed E-state index contributed by atoms with van der Waals surface area (Å²) in [6.07, 6.45) is 0.363. The smallest absolute Gasteiger partial charge is 0.255 e. The van der Waals surface area contributed by atoms with E-state index >= 15 is 0 Å². The Balaban J connectivity index is 2.91. The van der Waals surface area contributed by atoms with Crippen LogP contribution >= 0.6 is 11.6 Å². The van der Waals surface area contributed by atoms with Gasteiger partial charge in [-0.05, 0) is 19.2 Å². The van der Waals surface area contributed by atoms with Gasteiger partial charge in [-0.3, -0.25) is 4.79 Å². The maximum atomic E-state index is 12.4. The molecule has 0 bridgehead atoms. The highest BCUT2D eigenvalue weighted by Crippen LogP contribution is 2.29. The van der Waals surface area contributed by atoms with Crippen LogP contribution in [-0.2, 0) is 0 Å². The van der Waals surface area contributed by atoms with Gasteiger partial charge in [-0.15, -0.1) is 0 Å². The van der Waals surface area contributed by atoms with Crippen molar-refractivity contribution in [3.8, 4) is 5.75 Å². The van der Waals surface area contributed by atoms with Crippen molar-refractivity contribution in [2.75, 3.05) is 31.9 Å². The van der Waals surface area contributed by atoms with Crippen molar-refractivity contribution < 1.29 is 14.7 Å². The van der Waals surface area contributed by atoms with Gasteiger partial charge in [0.1, 0.15) is 5.75 Å². The van der Waals surface area contributed by atoms with E-state index < -0.39 is 0 Å². The number of carbonyl (C=O) groups excluding carboxylic acids is 1. The quantitative estimate of drug-likeness (QED) is 0.218. The minimum absolute atomic E-state index is 0.0777. The summed E-state index contributed by atoms with van der Waals surface area (Å²) in [6.45, 7) is 8.97. The van der Waals surface area contributed by atoms with Crippen molar-refractivity contribution in [1.29, 1.82) is 0 Å². The number of nitrogen functional groups attached to an aromatic ring is 1. The van der Waals surface area contributed by atoms with Gasteiger partial charge in [-0.2, -0.15) is 0 Å². The molecule has 0 saturated carbocycles. The van der Waals surface area contributed by atoms with Crippen LogP contribution in [0.5, 0.6) is 5.75 Å². The molecule has 1 aromatic carbocycles. The Morgan fingerprint density at radius 1 is 1.38 bits per heavy atom. The maximum Gasteiger partial charge on any atom is 0.255 e. The Labute approximate surface area is 147 Å². The van der Waals surface area contributed by atoms with E-state index in [2.05, 4.69) is 29.2 Å². The summed E-state index contributed by atoms with van der Waals surface area (Å²) in [6, 6.07) is 2.89. The molecule has 0 atom stereocenters. The first-order valence-corrected chi connectivity index (χ1v) is 8.32. The molecule has 0 aliphatic rings. The molecule has 0 heterocycles. The molecule has 0 radical (unpaired) electrons. The minimum atomic E-state index is -0.326. The third-order valence-electron chi connectivity index (χ3n) is 3.59. The molecule has 0 unspecified atom stereocenters. The van der Waals surface area contributed by atoms with Crippen LogP contribution in [0.1, 0.15) is 37.6 Å². The van der Waals surface area contributed by atoms with Crippen LogP contribution in [0.3, 0.4) is 0 Å². The molecule has 1 aromatic rings. The summed E-state index contributed by atoms with van der Waals surface area (Å²) >= 11 is 6.02. The molecule has 0 fully saturated rings. The highest BCUT2D eigenvalue weighted by Gasteiger charge is 2.17. The van der Waals surface area contributed by atoms with Crippen molar-refractivity contribution in [3.63, 3.8) is 0 Å². The van der Waals surface area contributed by atoms with Crippen LogP contribution in [-0.4, -0.2) is 48.1 Å². The fourth-order valence-electron chi connectivity index (χ4n) is 2.08. The molecule has 1 amide bonds. The van der Waals surface area contributed by atoms with Gasteiger partial charge in [0.25, 0.3) is 5.91 Å². The molecule has 8 heteroatoms. The second-order valence-electron chi connectivity index (χ2n) is 5.10. The maximum absolute atomic E-state index is 12.4. The van der Waals surface area contributed by atoms with E-state index in [1.54, 1.807) is 6.92 Å². The van der Waals surface area contributed by atoms with Gasteiger partial charge in [-0.25, -0.2) is 0 Å². The first-order valence-electron chi connectivity index (χ1n) is 7.95. The fourth-order valence-corrected chi connectivity index (χ4v) is 2.25. The number of carbonyl (C=O) groups is 1. The van der Waals surface area contributed by atoms with E-state index in [9.17, 15) is 4.79 Å². The van der Waals surface area contributed by atoms with Gasteiger partial charge >= 0.3 is 0 Å². The highest BCUT2D eigenvalue weighted by atomic mass is 35.5. The number of anilines is 1. The number of amides is 1. The summed E-state index contributed by atoms with van der Waals surface area (Å²) in [5, 5.41) is 15.0. The van der Waals surface area contributed by atoms with Crippen molar-refractivity contribution in [1.82, 2.24) is 10.2 Å². The van der Waals surface area contributed by atoms with Crippen molar-refractivity contribution in [2.24, 2.45) is 5.16 Å². The van der Waals surface area contributed by atoms with Gasteiger partial charge in [0.15, 0.2) is 0 Å². The van der Waals surface area contributed by atoms with E-state index in [1.165, 1.54) is 12.1 Å². The van der Waals surface area contributed by atoms with Crippen LogP contribution in [0, 0.1) is 0 Å². The first-order chi connectivity index (χ1) is 11.5. The number of oxime groups is 1. The number of nitrogens with two attached hydrogens (primary N) is 1. The molecule has 1 rings (SSSR count). The zero-order chi connectivity index (χ0) is 18.1. The Bertz CT molecular complexity index is 589. The number of benzene rings is 1. The van der Waals surface area contributed by atoms with Crippen LogP contribution in [0.4, 0.5) is 5.69 Å². The molecular formula is C16H25ClN4O3. The van der Waals surface area contributed by atoms with Crippen LogP contribution in [0.15, 0.2) is 17.3 Å². The molecule has 4 N–H and O–H groups in total. The largest absolute Gasteiger partial charge is 0.439 e. The Kier molecular flexibility index (Phi) is 8.35. The Morgan fingerprint density at radius 3 is 2.58 bits per heavy atom. The topological polar surface area (TPSA) is 100 Å². The molecule has 0 aliphatic heterocycles. The highest BCUT2D eigenvalue weighted by molar-refractivity contribution is 6.33. The normalized spacial score (nSPS) is 11.6. The number of nitrogens with one attached hydrogen (secondary N) is 1. The lowest BCUT2D eigenvalue weighted by molar-refractivity contribution is 0.0947. The molecule has 0 saturated heterocycles. The van der Waals surface area contributed by atoms with Gasteiger partial charge in [-0.1, -0.05) is 37.5 Å². The van der Waals surface area contributed by atoms with Crippen LogP contribution in [0.25, 0.3) is 0 Å². The minimum Gasteiger partial charge on any atom is -0.439 e. The average molecular weight is 357 g/mol. The first kappa shape index (κ1) is 20.1. The van der Waals surface area contributed by atoms with Gasteiger partial charge in [0.2, 0.25) is 5.90 Å². The molecule has 24 heavy (non-hydrogen) atoms. The number of hydrogen-bond acceptors (Lipinski definition) is 6. The van der Waals surface area contributed by atoms with E-state index in [4.69, 9.17) is 27.3 Å². The lowest BCUT2D eigenvalue weighted by atomic mass is 10.1. The van der Waals surface area contributed by atoms with Gasteiger partial charge in [0.05, 0.1) is 16.3 Å². The van der Waals surface area contributed by atoms with E-state index in [0.29, 0.717) is 13.0 Å². The number of halogens is 1. The molecule has 134 valence electrons. The molecule has 0 spiro atoms. The van der Waals surface area contributed by atoms with Gasteiger partial charge in [0, 0.05) is 25.6 Å². The second-order valence-corrected chi connectivity index (χ2v) is 5.51. The SMILES string of the molecule is CCC(=NO)Oc1cc(N)c(Cl)cc1C(=O)NCCN(CC)CC. The summed E-state index contributed by atoms with van der Waals surface area (Å²) in [5.74, 6) is -0.0479. The number of hydrogen-bond donors (Lipinski definition) is 3. The number of likely N-dealkylation sites (N-methyl/N-ethyl adjacent to an activating group) is 1. The lowest BCUT2D eigenvalue weighted by Gasteiger charge is -2.18. The predicted molar refractivity (Wildman–Crippen MR) is 96.1 cm³/mol. The average Bonchev–Trinajstić information content (AvgIpc) is 2.59. The fraction of sp³-hybridized carbons (Fsp3) is 0.500. The monoisotopic (exact) mass is 356 g/mol. The van der Waals surface area contributed by atoms with Crippen molar-refractivity contribution in [3.05, 3.63) is 22.7 Å². The third-order valence-corrected chi connectivity index (χ3v) is 3.92. The number of nitrogens with zero attached hydrogens (tertiary/aromatic N) is 2. The van der Waals surface area contributed by atoms with Crippen LogP contribution in [0.2, 0.25) is 5.02 Å². The molecule has 0 aromatic heterocycles. The summed E-state index contributed by atoms with van der Waals surface area (Å²) in [4.78, 5) is 14.6. The predicted octanol–water partition coefficient (Wildman–Crippen LogP) is 2.57. The third kappa shape index (κ3) is 5.58. The van der Waals surface area contributed by atoms with Crippen molar-refractivity contribution in [2.45, 2.75) is 27.2 Å². The zero-order valence-electron chi connectivity index (χ0n) is 14.3.